The maximum absolute atomic E-state index is 6.16. The fourth-order valence-corrected chi connectivity index (χ4v) is 3.84. The van der Waals surface area contributed by atoms with Gasteiger partial charge in [0, 0.05) is 5.92 Å². The molecule has 0 unspecified atom stereocenters. The van der Waals surface area contributed by atoms with Crippen LogP contribution in [0.4, 0.5) is 0 Å². The van der Waals surface area contributed by atoms with Gasteiger partial charge in [0.2, 0.25) is 0 Å². The molecular weight excluding hydrogens is 210 g/mol. The van der Waals surface area contributed by atoms with Crippen LogP contribution in [0.5, 0.6) is 0 Å². The third kappa shape index (κ3) is 2.58. The van der Waals surface area contributed by atoms with Crippen LogP contribution in [0.3, 0.4) is 0 Å². The van der Waals surface area contributed by atoms with E-state index in [9.17, 15) is 0 Å². The number of ether oxygens (including phenoxy) is 1. The van der Waals surface area contributed by atoms with E-state index in [1.165, 1.54) is 51.7 Å². The van der Waals surface area contributed by atoms with Crippen molar-refractivity contribution < 1.29 is 9.64 Å². The molecule has 3 aliphatic rings. The Kier molecular flexibility index (Phi) is 3.53. The van der Waals surface area contributed by atoms with Crippen LogP contribution >= 0.6 is 0 Å². The van der Waals surface area contributed by atoms with Crippen LogP contribution in [0.2, 0.25) is 0 Å². The van der Waals surface area contributed by atoms with Crippen LogP contribution in [-0.4, -0.2) is 32.3 Å². The smallest absolute Gasteiger partial charge is 0.113 e. The number of nitrogens with one attached hydrogen (secondary N) is 1. The van der Waals surface area contributed by atoms with Gasteiger partial charge in [-0.3, -0.25) is 0 Å². The Morgan fingerprint density at radius 1 is 1.29 bits per heavy atom. The molecule has 2 fully saturated rings. The number of hydrogen-bond acceptors (Lipinski definition) is 1. The molecule has 0 aromatic rings. The van der Waals surface area contributed by atoms with Gasteiger partial charge in [-0.15, -0.1) is 0 Å². The molecule has 3 rings (SSSR count). The fraction of sp³-hybridized carbons (Fsp3) is 0.867. The van der Waals surface area contributed by atoms with Crippen molar-refractivity contribution >= 4 is 0 Å². The summed E-state index contributed by atoms with van der Waals surface area (Å²) < 4.78 is 6.16. The number of fused-ring (bicyclic) bond motifs is 2. The number of likely N-dealkylation sites (tertiary alicyclic amines) is 1. The highest BCUT2D eigenvalue weighted by molar-refractivity contribution is 5.12. The minimum absolute atomic E-state index is 0.510. The third-order valence-electron chi connectivity index (χ3n) is 4.99. The largest absolute Gasteiger partial charge is 0.371 e. The van der Waals surface area contributed by atoms with Gasteiger partial charge in [-0.05, 0) is 44.9 Å². The number of allylic oxidation sites excluding steroid dienone is 1. The van der Waals surface area contributed by atoms with Gasteiger partial charge in [0.1, 0.15) is 12.6 Å². The second-order valence-electron chi connectivity index (χ2n) is 6.28. The molecule has 2 bridgehead atoms. The Hall–Kier alpha value is -0.340. The molecule has 2 heterocycles. The van der Waals surface area contributed by atoms with E-state index in [0.717, 1.165) is 18.4 Å². The lowest BCUT2D eigenvalue weighted by Crippen LogP contribution is -3.14. The van der Waals surface area contributed by atoms with E-state index in [0.29, 0.717) is 6.10 Å². The van der Waals surface area contributed by atoms with Crippen molar-refractivity contribution in [3.05, 3.63) is 11.6 Å². The molecule has 2 aliphatic heterocycles. The fourth-order valence-electron chi connectivity index (χ4n) is 3.84. The Balaban J connectivity index is 1.62. The van der Waals surface area contributed by atoms with Gasteiger partial charge in [-0.1, -0.05) is 11.6 Å². The summed E-state index contributed by atoms with van der Waals surface area (Å²) in [7, 11) is 0. The maximum Gasteiger partial charge on any atom is 0.113 e. The SMILES string of the molecule is CC1=CC[C@@H]2CO[C@H](C[NH+]3CCCCC3)[C@H]1C2. The van der Waals surface area contributed by atoms with Gasteiger partial charge in [0.05, 0.1) is 19.7 Å². The monoisotopic (exact) mass is 236 g/mol. The Bertz CT molecular complexity index is 293. The summed E-state index contributed by atoms with van der Waals surface area (Å²) in [6.07, 6.45) is 9.91. The van der Waals surface area contributed by atoms with Gasteiger partial charge in [0.15, 0.2) is 0 Å². The topological polar surface area (TPSA) is 13.7 Å². The normalized spacial score (nSPS) is 38.9. The zero-order chi connectivity index (χ0) is 11.7. The van der Waals surface area contributed by atoms with Crippen LogP contribution in [0, 0.1) is 11.8 Å². The predicted molar refractivity (Wildman–Crippen MR) is 69.1 cm³/mol. The Morgan fingerprint density at radius 2 is 2.12 bits per heavy atom. The zero-order valence-electron chi connectivity index (χ0n) is 11.1. The minimum atomic E-state index is 0.510. The summed E-state index contributed by atoms with van der Waals surface area (Å²) in [4.78, 5) is 1.79. The van der Waals surface area contributed by atoms with E-state index in [1.54, 1.807) is 10.5 Å². The van der Waals surface area contributed by atoms with Gasteiger partial charge in [-0.2, -0.15) is 0 Å². The first-order chi connectivity index (χ1) is 8.33. The van der Waals surface area contributed by atoms with Crippen molar-refractivity contribution in [2.45, 2.75) is 45.1 Å². The summed E-state index contributed by atoms with van der Waals surface area (Å²) in [6.45, 7) is 7.33. The van der Waals surface area contributed by atoms with Gasteiger partial charge in [0.25, 0.3) is 0 Å². The van der Waals surface area contributed by atoms with Gasteiger partial charge < -0.3 is 9.64 Å². The summed E-state index contributed by atoms with van der Waals surface area (Å²) in [5.74, 6) is 1.55. The van der Waals surface area contributed by atoms with E-state index in [2.05, 4.69) is 13.0 Å². The Morgan fingerprint density at radius 3 is 2.94 bits per heavy atom. The van der Waals surface area contributed by atoms with E-state index >= 15 is 0 Å². The number of quaternary nitrogens is 1. The number of rotatable bonds is 2. The van der Waals surface area contributed by atoms with Crippen molar-refractivity contribution in [3.63, 3.8) is 0 Å². The van der Waals surface area contributed by atoms with E-state index in [-0.39, 0.29) is 0 Å². The van der Waals surface area contributed by atoms with Crippen molar-refractivity contribution in [1.82, 2.24) is 0 Å². The molecule has 17 heavy (non-hydrogen) atoms. The Labute approximate surface area is 105 Å². The molecule has 2 nitrogen and oxygen atoms in total. The molecule has 1 N–H and O–H groups in total. The molecule has 0 aromatic heterocycles. The first kappa shape index (κ1) is 11.7. The summed E-state index contributed by atoms with van der Waals surface area (Å²) in [5.41, 5.74) is 1.60. The zero-order valence-corrected chi connectivity index (χ0v) is 11.1. The second kappa shape index (κ2) is 5.11. The molecule has 2 saturated heterocycles. The van der Waals surface area contributed by atoms with Crippen LogP contribution in [-0.2, 0) is 4.74 Å². The molecular formula is C15H26NO+. The molecule has 0 radical (unpaired) electrons. The summed E-state index contributed by atoms with van der Waals surface area (Å²) in [5, 5.41) is 0. The highest BCUT2D eigenvalue weighted by Crippen LogP contribution is 2.36. The molecule has 0 spiro atoms. The van der Waals surface area contributed by atoms with Gasteiger partial charge >= 0.3 is 0 Å². The van der Waals surface area contributed by atoms with Crippen LogP contribution < -0.4 is 4.90 Å². The van der Waals surface area contributed by atoms with Gasteiger partial charge in [-0.25, -0.2) is 0 Å². The van der Waals surface area contributed by atoms with Crippen LogP contribution in [0.15, 0.2) is 11.6 Å². The van der Waals surface area contributed by atoms with Crippen molar-refractivity contribution in [3.8, 4) is 0 Å². The lowest BCUT2D eigenvalue weighted by atomic mass is 9.77. The maximum atomic E-state index is 6.16. The average Bonchev–Trinajstić information content (AvgIpc) is 2.38. The highest BCUT2D eigenvalue weighted by atomic mass is 16.5. The molecule has 1 aliphatic carbocycles. The van der Waals surface area contributed by atoms with E-state index < -0.39 is 0 Å². The van der Waals surface area contributed by atoms with Crippen LogP contribution in [0.1, 0.15) is 39.0 Å². The van der Waals surface area contributed by atoms with E-state index in [1.807, 2.05) is 0 Å². The second-order valence-corrected chi connectivity index (χ2v) is 6.28. The van der Waals surface area contributed by atoms with Crippen molar-refractivity contribution in [1.29, 1.82) is 0 Å². The van der Waals surface area contributed by atoms with Crippen LogP contribution in [0.25, 0.3) is 0 Å². The van der Waals surface area contributed by atoms with E-state index in [4.69, 9.17) is 4.74 Å². The standard InChI is InChI=1S/C15H25NO/c1-12-5-6-13-9-14(12)15(17-11-13)10-16-7-3-2-4-8-16/h5,13-15H,2-4,6-11H2,1H3/p+1/t13-,14-,15+/m0/s1. The first-order valence-corrected chi connectivity index (χ1v) is 7.45. The lowest BCUT2D eigenvalue weighted by molar-refractivity contribution is -0.908. The summed E-state index contributed by atoms with van der Waals surface area (Å²) >= 11 is 0. The average molecular weight is 236 g/mol. The highest BCUT2D eigenvalue weighted by Gasteiger charge is 2.36. The molecule has 96 valence electrons. The predicted octanol–water partition coefficient (Wildman–Crippen LogP) is 1.43. The molecule has 0 amide bonds. The molecule has 3 atom stereocenters. The molecule has 2 heteroatoms. The lowest BCUT2D eigenvalue weighted by Gasteiger charge is -2.41. The number of piperidine rings is 1. The first-order valence-electron chi connectivity index (χ1n) is 7.45. The minimum Gasteiger partial charge on any atom is -0.371 e. The quantitative estimate of drug-likeness (QED) is 0.716. The molecule has 0 saturated carbocycles. The summed E-state index contributed by atoms with van der Waals surface area (Å²) in [6, 6.07) is 0. The molecule has 0 aromatic carbocycles. The van der Waals surface area contributed by atoms with Crippen molar-refractivity contribution in [2.24, 2.45) is 11.8 Å². The third-order valence-corrected chi connectivity index (χ3v) is 4.99. The number of hydrogen-bond donors (Lipinski definition) is 1. The van der Waals surface area contributed by atoms with Crippen molar-refractivity contribution in [2.75, 3.05) is 26.2 Å².